The van der Waals surface area contributed by atoms with Crippen LogP contribution in [0.15, 0.2) is 24.3 Å². The standard InChI is InChI=1S/C17H25N3O3/c1-12(2)20-11-14(10-16(20)21)19-17(22)18-8-7-13-5-4-6-15(9-13)23-3/h4-6,9,12,14H,7-8,10-11H2,1-3H3,(H2,18,19,22). The van der Waals surface area contributed by atoms with Crippen LogP contribution in [0, 0.1) is 0 Å². The van der Waals surface area contributed by atoms with Gasteiger partial charge in [-0.25, -0.2) is 4.79 Å². The van der Waals surface area contributed by atoms with E-state index in [0.717, 1.165) is 17.7 Å². The van der Waals surface area contributed by atoms with Crippen molar-refractivity contribution >= 4 is 11.9 Å². The van der Waals surface area contributed by atoms with Crippen LogP contribution in [-0.2, 0) is 11.2 Å². The van der Waals surface area contributed by atoms with E-state index in [2.05, 4.69) is 10.6 Å². The summed E-state index contributed by atoms with van der Waals surface area (Å²) in [6.07, 6.45) is 1.10. The zero-order valence-electron chi connectivity index (χ0n) is 14.0. The smallest absolute Gasteiger partial charge is 0.315 e. The number of carbonyl (C=O) groups excluding carboxylic acids is 2. The lowest BCUT2D eigenvalue weighted by Crippen LogP contribution is -2.44. The van der Waals surface area contributed by atoms with Crippen LogP contribution < -0.4 is 15.4 Å². The van der Waals surface area contributed by atoms with Gasteiger partial charge in [0.15, 0.2) is 0 Å². The molecule has 2 rings (SSSR count). The Kier molecular flexibility index (Phi) is 5.84. The third kappa shape index (κ3) is 4.87. The molecule has 3 amide bonds. The second-order valence-corrected chi connectivity index (χ2v) is 6.04. The Bertz CT molecular complexity index is 560. The molecule has 126 valence electrons. The number of amides is 3. The lowest BCUT2D eigenvalue weighted by atomic mass is 10.1. The molecule has 1 aromatic carbocycles. The molecule has 1 saturated heterocycles. The fraction of sp³-hybridized carbons (Fsp3) is 0.529. The van der Waals surface area contributed by atoms with Crippen LogP contribution in [0.1, 0.15) is 25.8 Å². The summed E-state index contributed by atoms with van der Waals surface area (Å²) in [5, 5.41) is 5.70. The van der Waals surface area contributed by atoms with Gasteiger partial charge in [-0.2, -0.15) is 0 Å². The summed E-state index contributed by atoms with van der Waals surface area (Å²) < 4.78 is 5.17. The first kappa shape index (κ1) is 17.1. The van der Waals surface area contributed by atoms with Crippen LogP contribution in [0.2, 0.25) is 0 Å². The van der Waals surface area contributed by atoms with Crippen molar-refractivity contribution in [3.63, 3.8) is 0 Å². The van der Waals surface area contributed by atoms with Gasteiger partial charge in [-0.15, -0.1) is 0 Å². The Morgan fingerprint density at radius 1 is 1.43 bits per heavy atom. The van der Waals surface area contributed by atoms with Gasteiger partial charge in [0.1, 0.15) is 5.75 Å². The number of benzene rings is 1. The van der Waals surface area contributed by atoms with Gasteiger partial charge in [0.2, 0.25) is 5.91 Å². The molecular weight excluding hydrogens is 294 g/mol. The fourth-order valence-electron chi connectivity index (χ4n) is 2.71. The SMILES string of the molecule is COc1cccc(CCNC(=O)NC2CC(=O)N(C(C)C)C2)c1. The summed E-state index contributed by atoms with van der Waals surface area (Å²) in [4.78, 5) is 25.5. The van der Waals surface area contributed by atoms with Gasteiger partial charge in [0.25, 0.3) is 0 Å². The highest BCUT2D eigenvalue weighted by Crippen LogP contribution is 2.14. The second-order valence-electron chi connectivity index (χ2n) is 6.04. The second kappa shape index (κ2) is 7.85. The largest absolute Gasteiger partial charge is 0.497 e. The number of nitrogens with one attached hydrogen (secondary N) is 2. The van der Waals surface area contributed by atoms with Crippen molar-refractivity contribution in [2.75, 3.05) is 20.2 Å². The van der Waals surface area contributed by atoms with Crippen LogP contribution in [0.3, 0.4) is 0 Å². The van der Waals surface area contributed by atoms with E-state index in [0.29, 0.717) is 19.5 Å². The lowest BCUT2D eigenvalue weighted by molar-refractivity contribution is -0.129. The van der Waals surface area contributed by atoms with E-state index in [4.69, 9.17) is 4.74 Å². The summed E-state index contributed by atoms with van der Waals surface area (Å²) in [6, 6.07) is 7.61. The molecule has 0 radical (unpaired) electrons. The van der Waals surface area contributed by atoms with Gasteiger partial charge in [-0.1, -0.05) is 12.1 Å². The van der Waals surface area contributed by atoms with Crippen molar-refractivity contribution < 1.29 is 14.3 Å². The van der Waals surface area contributed by atoms with E-state index in [-0.39, 0.29) is 24.0 Å². The average Bonchev–Trinajstić information content (AvgIpc) is 2.88. The number of hydrogen-bond acceptors (Lipinski definition) is 3. The molecule has 1 aliphatic heterocycles. The highest BCUT2D eigenvalue weighted by molar-refractivity contribution is 5.81. The van der Waals surface area contributed by atoms with Crippen LogP contribution in [0.25, 0.3) is 0 Å². The van der Waals surface area contributed by atoms with E-state index < -0.39 is 0 Å². The maximum absolute atomic E-state index is 11.9. The average molecular weight is 319 g/mol. The summed E-state index contributed by atoms with van der Waals surface area (Å²) in [6.45, 7) is 5.08. The minimum Gasteiger partial charge on any atom is -0.497 e. The predicted molar refractivity (Wildman–Crippen MR) is 88.5 cm³/mol. The Morgan fingerprint density at radius 2 is 2.22 bits per heavy atom. The van der Waals surface area contributed by atoms with Crippen molar-refractivity contribution in [3.05, 3.63) is 29.8 Å². The van der Waals surface area contributed by atoms with Crippen molar-refractivity contribution in [1.29, 1.82) is 0 Å². The van der Waals surface area contributed by atoms with Crippen LogP contribution in [0.5, 0.6) is 5.75 Å². The first-order valence-electron chi connectivity index (χ1n) is 7.96. The number of methoxy groups -OCH3 is 1. The number of nitrogens with zero attached hydrogens (tertiary/aromatic N) is 1. The third-order valence-electron chi connectivity index (χ3n) is 3.95. The Labute approximate surface area is 137 Å². The summed E-state index contributed by atoms with van der Waals surface area (Å²) in [5.74, 6) is 0.909. The van der Waals surface area contributed by atoms with Crippen LogP contribution in [0.4, 0.5) is 4.79 Å². The molecule has 0 spiro atoms. The maximum Gasteiger partial charge on any atom is 0.315 e. The molecule has 2 N–H and O–H groups in total. The monoisotopic (exact) mass is 319 g/mol. The molecule has 0 bridgehead atoms. The molecule has 6 heteroatoms. The highest BCUT2D eigenvalue weighted by atomic mass is 16.5. The van der Waals surface area contributed by atoms with E-state index in [1.807, 2.05) is 38.1 Å². The molecule has 0 aromatic heterocycles. The number of hydrogen-bond donors (Lipinski definition) is 2. The molecule has 1 aliphatic rings. The number of ether oxygens (including phenoxy) is 1. The van der Waals surface area contributed by atoms with Crippen molar-refractivity contribution in [1.82, 2.24) is 15.5 Å². The van der Waals surface area contributed by atoms with E-state index >= 15 is 0 Å². The topological polar surface area (TPSA) is 70.7 Å². The van der Waals surface area contributed by atoms with Crippen molar-refractivity contribution in [2.45, 2.75) is 38.8 Å². The molecule has 1 fully saturated rings. The Hall–Kier alpha value is -2.24. The van der Waals surface area contributed by atoms with E-state index in [1.54, 1.807) is 12.0 Å². The number of urea groups is 1. The molecule has 6 nitrogen and oxygen atoms in total. The predicted octanol–water partition coefficient (Wildman–Crippen LogP) is 1.55. The zero-order chi connectivity index (χ0) is 16.8. The minimum absolute atomic E-state index is 0.0988. The zero-order valence-corrected chi connectivity index (χ0v) is 14.0. The van der Waals surface area contributed by atoms with Crippen molar-refractivity contribution in [3.8, 4) is 5.75 Å². The molecule has 23 heavy (non-hydrogen) atoms. The molecule has 1 heterocycles. The first-order valence-corrected chi connectivity index (χ1v) is 7.96. The Morgan fingerprint density at radius 3 is 2.87 bits per heavy atom. The lowest BCUT2D eigenvalue weighted by Gasteiger charge is -2.21. The van der Waals surface area contributed by atoms with E-state index in [9.17, 15) is 9.59 Å². The molecule has 0 saturated carbocycles. The number of carbonyl (C=O) groups is 2. The van der Waals surface area contributed by atoms with Crippen molar-refractivity contribution in [2.24, 2.45) is 0 Å². The first-order chi connectivity index (χ1) is 11.0. The van der Waals surface area contributed by atoms with E-state index in [1.165, 1.54) is 0 Å². The highest BCUT2D eigenvalue weighted by Gasteiger charge is 2.31. The third-order valence-corrected chi connectivity index (χ3v) is 3.95. The molecule has 1 unspecified atom stereocenters. The molecule has 1 atom stereocenters. The van der Waals surface area contributed by atoms with Gasteiger partial charge < -0.3 is 20.3 Å². The summed E-state index contributed by atoms with van der Waals surface area (Å²) in [7, 11) is 1.63. The van der Waals surface area contributed by atoms with Gasteiger partial charge in [-0.3, -0.25) is 4.79 Å². The normalized spacial score (nSPS) is 17.5. The fourth-order valence-corrected chi connectivity index (χ4v) is 2.71. The number of likely N-dealkylation sites (tertiary alicyclic amines) is 1. The quantitative estimate of drug-likeness (QED) is 0.836. The number of rotatable bonds is 6. The molecule has 0 aliphatic carbocycles. The van der Waals surface area contributed by atoms with Gasteiger partial charge in [-0.05, 0) is 38.0 Å². The van der Waals surface area contributed by atoms with Crippen LogP contribution in [-0.4, -0.2) is 49.1 Å². The summed E-state index contributed by atoms with van der Waals surface area (Å²) >= 11 is 0. The summed E-state index contributed by atoms with van der Waals surface area (Å²) in [5.41, 5.74) is 1.10. The molecular formula is C17H25N3O3. The maximum atomic E-state index is 11.9. The van der Waals surface area contributed by atoms with Gasteiger partial charge in [0, 0.05) is 25.6 Å². The Balaban J connectivity index is 1.72. The van der Waals surface area contributed by atoms with Gasteiger partial charge >= 0.3 is 6.03 Å². The van der Waals surface area contributed by atoms with Gasteiger partial charge in [0.05, 0.1) is 13.2 Å². The molecule has 1 aromatic rings. The minimum atomic E-state index is -0.226. The van der Waals surface area contributed by atoms with Crippen LogP contribution >= 0.6 is 0 Å².